The first-order valence-electron chi connectivity index (χ1n) is 11.4. The van der Waals surface area contributed by atoms with E-state index in [1.807, 2.05) is 0 Å². The van der Waals surface area contributed by atoms with Crippen molar-refractivity contribution in [2.24, 2.45) is 5.92 Å². The molecule has 1 unspecified atom stereocenters. The molecule has 0 radical (unpaired) electrons. The Labute approximate surface area is 203 Å². The first-order valence-corrected chi connectivity index (χ1v) is 13.0. The van der Waals surface area contributed by atoms with Gasteiger partial charge in [0.25, 0.3) is 11.8 Å². The Morgan fingerprint density at radius 1 is 1.03 bits per heavy atom. The highest BCUT2D eigenvalue weighted by molar-refractivity contribution is 7.92. The summed E-state index contributed by atoms with van der Waals surface area (Å²) in [5, 5.41) is 0. The summed E-state index contributed by atoms with van der Waals surface area (Å²) in [6, 6.07) is 9.86. The summed E-state index contributed by atoms with van der Waals surface area (Å²) in [7, 11) is -3.40. The van der Waals surface area contributed by atoms with Crippen LogP contribution >= 0.6 is 0 Å². The first-order chi connectivity index (χ1) is 16.6. The highest BCUT2D eigenvalue weighted by Crippen LogP contribution is 2.32. The Hall–Kier alpha value is -3.53. The molecule has 4 rings (SSSR count). The Balaban J connectivity index is 1.47. The minimum absolute atomic E-state index is 0.0206. The van der Waals surface area contributed by atoms with Crippen LogP contribution in [0, 0.1) is 5.92 Å². The molecule has 0 bridgehead atoms. The molecule has 0 aliphatic carbocycles. The molecule has 10 heteroatoms. The second-order valence-electron chi connectivity index (χ2n) is 8.81. The lowest BCUT2D eigenvalue weighted by Crippen LogP contribution is -2.49. The van der Waals surface area contributed by atoms with E-state index in [9.17, 15) is 27.6 Å². The average Bonchev–Trinajstić information content (AvgIpc) is 3.38. The summed E-state index contributed by atoms with van der Waals surface area (Å²) >= 11 is 0. The van der Waals surface area contributed by atoms with E-state index in [0.29, 0.717) is 18.7 Å². The number of benzene rings is 2. The lowest BCUT2D eigenvalue weighted by Gasteiger charge is -2.27. The summed E-state index contributed by atoms with van der Waals surface area (Å²) in [4.78, 5) is 52.2. The fraction of sp³-hybridized carbons (Fsp3) is 0.360. The zero-order valence-corrected chi connectivity index (χ0v) is 20.5. The van der Waals surface area contributed by atoms with Gasteiger partial charge < -0.3 is 4.74 Å². The summed E-state index contributed by atoms with van der Waals surface area (Å²) in [5.74, 6) is -2.92. The maximum absolute atomic E-state index is 12.9. The molecule has 0 N–H and O–H groups in total. The Morgan fingerprint density at radius 2 is 1.66 bits per heavy atom. The molecule has 184 valence electrons. The van der Waals surface area contributed by atoms with Crippen molar-refractivity contribution in [1.29, 1.82) is 0 Å². The number of anilines is 1. The Morgan fingerprint density at radius 3 is 2.23 bits per heavy atom. The summed E-state index contributed by atoms with van der Waals surface area (Å²) < 4.78 is 31.1. The molecule has 2 aromatic carbocycles. The number of imide groups is 1. The van der Waals surface area contributed by atoms with Gasteiger partial charge in [-0.05, 0) is 55.2 Å². The van der Waals surface area contributed by atoms with E-state index >= 15 is 0 Å². The van der Waals surface area contributed by atoms with Gasteiger partial charge in [-0.3, -0.25) is 23.6 Å². The molecule has 0 spiro atoms. The van der Waals surface area contributed by atoms with Crippen LogP contribution in [0.3, 0.4) is 0 Å². The lowest BCUT2D eigenvalue weighted by molar-refractivity contribution is -0.148. The standard InChI is InChI=1S/C25H26N2O7S/c1-4-35(32,33)26-12-11-16-13-17(9-10-20(16)26)21(28)14-34-25(31)22(15(2)3)27-23(29)18-7-5-6-8-19(18)24(27)30/h5-10,13,15,22H,4,11-12,14H2,1-3H3. The van der Waals surface area contributed by atoms with Crippen molar-refractivity contribution in [3.05, 3.63) is 64.7 Å². The number of hydrogen-bond donors (Lipinski definition) is 0. The molecule has 0 saturated heterocycles. The molecule has 2 amide bonds. The Kier molecular flexibility index (Phi) is 6.50. The molecule has 2 aromatic rings. The molecular formula is C25H26N2O7S. The van der Waals surface area contributed by atoms with E-state index in [1.54, 1.807) is 45.0 Å². The van der Waals surface area contributed by atoms with E-state index in [1.165, 1.54) is 22.5 Å². The number of rotatable bonds is 8. The molecule has 2 aliphatic heterocycles. The largest absolute Gasteiger partial charge is 0.456 e. The number of nitrogens with zero attached hydrogens (tertiary/aromatic N) is 2. The number of carbonyl (C=O) groups excluding carboxylic acids is 4. The SMILES string of the molecule is CCS(=O)(=O)N1CCc2cc(C(=O)COC(=O)C(C(C)C)N3C(=O)c4ccccc4C3=O)ccc21. The van der Waals surface area contributed by atoms with Gasteiger partial charge in [0.15, 0.2) is 12.4 Å². The van der Waals surface area contributed by atoms with Crippen molar-refractivity contribution in [2.75, 3.05) is 23.2 Å². The van der Waals surface area contributed by atoms with Crippen molar-refractivity contribution in [3.8, 4) is 0 Å². The third-order valence-corrected chi connectivity index (χ3v) is 8.06. The maximum Gasteiger partial charge on any atom is 0.330 e. The summed E-state index contributed by atoms with van der Waals surface area (Å²) in [5.41, 5.74) is 2.01. The third-order valence-electron chi connectivity index (χ3n) is 6.28. The van der Waals surface area contributed by atoms with Crippen LogP contribution in [0.1, 0.15) is 57.4 Å². The van der Waals surface area contributed by atoms with Crippen molar-refractivity contribution >= 4 is 39.3 Å². The van der Waals surface area contributed by atoms with Crippen LogP contribution in [-0.4, -0.2) is 61.8 Å². The van der Waals surface area contributed by atoms with Gasteiger partial charge in [-0.2, -0.15) is 0 Å². The third kappa shape index (κ3) is 4.34. The van der Waals surface area contributed by atoms with Gasteiger partial charge in [-0.25, -0.2) is 13.2 Å². The fourth-order valence-corrected chi connectivity index (χ4v) is 5.59. The predicted octanol–water partition coefficient (Wildman–Crippen LogP) is 2.45. The summed E-state index contributed by atoms with van der Waals surface area (Å²) in [6.07, 6.45) is 0.477. The van der Waals surface area contributed by atoms with Gasteiger partial charge in [0.2, 0.25) is 10.0 Å². The van der Waals surface area contributed by atoms with Crippen LogP contribution in [0.15, 0.2) is 42.5 Å². The number of sulfonamides is 1. The molecule has 0 saturated carbocycles. The molecule has 9 nitrogen and oxygen atoms in total. The zero-order valence-electron chi connectivity index (χ0n) is 19.7. The van der Waals surface area contributed by atoms with E-state index in [0.717, 1.165) is 10.5 Å². The lowest BCUT2D eigenvalue weighted by atomic mass is 10.0. The highest BCUT2D eigenvalue weighted by Gasteiger charge is 2.44. The number of carbonyl (C=O) groups is 4. The highest BCUT2D eigenvalue weighted by atomic mass is 32.2. The fourth-order valence-electron chi connectivity index (χ4n) is 4.43. The van der Waals surface area contributed by atoms with Gasteiger partial charge >= 0.3 is 5.97 Å². The van der Waals surface area contributed by atoms with Gasteiger partial charge in [0.05, 0.1) is 22.6 Å². The number of fused-ring (bicyclic) bond motifs is 2. The normalized spacial score (nSPS) is 15.9. The molecule has 0 aromatic heterocycles. The topological polar surface area (TPSA) is 118 Å². The van der Waals surface area contributed by atoms with Gasteiger partial charge in [-0.15, -0.1) is 0 Å². The average molecular weight is 499 g/mol. The zero-order chi connectivity index (χ0) is 25.5. The molecule has 35 heavy (non-hydrogen) atoms. The predicted molar refractivity (Wildman–Crippen MR) is 128 cm³/mol. The van der Waals surface area contributed by atoms with Crippen LogP contribution in [0.25, 0.3) is 0 Å². The van der Waals surface area contributed by atoms with E-state index in [2.05, 4.69) is 0 Å². The van der Waals surface area contributed by atoms with E-state index in [-0.39, 0.29) is 22.4 Å². The van der Waals surface area contributed by atoms with Crippen LogP contribution < -0.4 is 4.31 Å². The second kappa shape index (κ2) is 9.26. The number of amides is 2. The van der Waals surface area contributed by atoms with Crippen molar-refractivity contribution in [3.63, 3.8) is 0 Å². The number of hydrogen-bond acceptors (Lipinski definition) is 7. The molecule has 2 aliphatic rings. The van der Waals surface area contributed by atoms with Crippen LogP contribution in [0.4, 0.5) is 5.69 Å². The van der Waals surface area contributed by atoms with Gasteiger partial charge in [0.1, 0.15) is 6.04 Å². The van der Waals surface area contributed by atoms with Crippen LogP contribution in [0.5, 0.6) is 0 Å². The number of ketones is 1. The number of ether oxygens (including phenoxy) is 1. The maximum atomic E-state index is 12.9. The molecule has 0 fully saturated rings. The smallest absolute Gasteiger partial charge is 0.330 e. The van der Waals surface area contributed by atoms with Crippen molar-refractivity contribution in [1.82, 2.24) is 4.90 Å². The minimum Gasteiger partial charge on any atom is -0.456 e. The Bertz CT molecular complexity index is 1300. The van der Waals surface area contributed by atoms with Gasteiger partial charge in [0, 0.05) is 12.1 Å². The van der Waals surface area contributed by atoms with Crippen molar-refractivity contribution < 1.29 is 32.3 Å². The van der Waals surface area contributed by atoms with Crippen LogP contribution in [0.2, 0.25) is 0 Å². The van der Waals surface area contributed by atoms with E-state index < -0.39 is 52.2 Å². The minimum atomic E-state index is -3.40. The van der Waals surface area contributed by atoms with Gasteiger partial charge in [-0.1, -0.05) is 26.0 Å². The molecule has 2 heterocycles. The quantitative estimate of drug-likeness (QED) is 0.312. The summed E-state index contributed by atoms with van der Waals surface area (Å²) in [6.45, 7) is 4.70. The second-order valence-corrected chi connectivity index (χ2v) is 11.0. The number of esters is 1. The van der Waals surface area contributed by atoms with Crippen molar-refractivity contribution in [2.45, 2.75) is 33.2 Å². The van der Waals surface area contributed by atoms with E-state index in [4.69, 9.17) is 4.74 Å². The van der Waals surface area contributed by atoms with Crippen LogP contribution in [-0.2, 0) is 26.0 Å². The molecule has 1 atom stereocenters. The monoisotopic (exact) mass is 498 g/mol. The first kappa shape index (κ1) is 24.6. The molecular weight excluding hydrogens is 472 g/mol. The number of Topliss-reactive ketones (excluding diaryl/α,β-unsaturated/α-hetero) is 1.